The maximum Gasteiger partial charge on any atom is 0.239 e. The number of para-hydroxylation sites is 1. The summed E-state index contributed by atoms with van der Waals surface area (Å²) in [6.45, 7) is 1.92. The first-order chi connectivity index (χ1) is 12.2. The Morgan fingerprint density at radius 3 is 2.84 bits per heavy atom. The van der Waals surface area contributed by atoms with Gasteiger partial charge in [0.15, 0.2) is 0 Å². The molecule has 1 amide bonds. The van der Waals surface area contributed by atoms with E-state index < -0.39 is 0 Å². The monoisotopic (exact) mass is 343 g/mol. The first kappa shape index (κ1) is 17.8. The lowest BCUT2D eigenvalue weighted by Gasteiger charge is -2.31. The van der Waals surface area contributed by atoms with Crippen molar-refractivity contribution in [2.75, 3.05) is 27.2 Å². The number of ether oxygens (including phenoxy) is 1. The number of hydrogen-bond acceptors (Lipinski definition) is 3. The lowest BCUT2D eigenvalue weighted by molar-refractivity contribution is -0.121. The molecule has 0 atom stereocenters. The lowest BCUT2D eigenvalue weighted by Crippen LogP contribution is -2.40. The van der Waals surface area contributed by atoms with Crippen molar-refractivity contribution in [3.63, 3.8) is 0 Å². The molecule has 0 bridgehead atoms. The van der Waals surface area contributed by atoms with Gasteiger partial charge in [-0.2, -0.15) is 0 Å². The topological polar surface area (TPSA) is 46.5 Å². The Bertz CT molecular complexity index is 704. The van der Waals surface area contributed by atoms with Crippen LogP contribution in [0, 0.1) is 0 Å². The summed E-state index contributed by atoms with van der Waals surface area (Å²) in [5.41, 5.74) is 0.972. The number of rotatable bonds is 7. The average molecular weight is 343 g/mol. The Morgan fingerprint density at radius 1 is 1.28 bits per heavy atom. The number of hydrogen-bond donors (Lipinski definition) is 1. The Balaban J connectivity index is 1.51. The standard InChI is InChI=1S/C20H29N3O2/c1-22(17-8-4-3-5-9-17)14-12-21-19(24)15-23-13-11-16-7-6-10-18(25-2)20(16)23/h6-7,10-11,13,17H,3-5,8-9,12,14-15H2,1-2H3,(H,21,24). The van der Waals surface area contributed by atoms with Gasteiger partial charge in [-0.05, 0) is 32.0 Å². The van der Waals surface area contributed by atoms with E-state index in [9.17, 15) is 4.79 Å². The third-order valence-corrected chi connectivity index (χ3v) is 5.27. The molecule has 1 aliphatic rings. The minimum atomic E-state index is 0.0421. The predicted octanol–water partition coefficient (Wildman–Crippen LogP) is 3.03. The number of amides is 1. The summed E-state index contributed by atoms with van der Waals surface area (Å²) in [5.74, 6) is 0.841. The highest BCUT2D eigenvalue weighted by atomic mass is 16.5. The van der Waals surface area contributed by atoms with Gasteiger partial charge in [0.25, 0.3) is 0 Å². The van der Waals surface area contributed by atoms with Crippen molar-refractivity contribution in [1.29, 1.82) is 0 Å². The number of methoxy groups -OCH3 is 1. The lowest BCUT2D eigenvalue weighted by atomic mass is 9.94. The van der Waals surface area contributed by atoms with Crippen molar-refractivity contribution in [3.05, 3.63) is 30.5 Å². The summed E-state index contributed by atoms with van der Waals surface area (Å²) in [7, 11) is 3.83. The molecule has 1 aromatic carbocycles. The SMILES string of the molecule is COc1cccc2ccn(CC(=O)NCCN(C)C3CCCCC3)c12. The van der Waals surface area contributed by atoms with Crippen molar-refractivity contribution in [2.24, 2.45) is 0 Å². The number of nitrogens with zero attached hydrogens (tertiary/aromatic N) is 2. The molecule has 136 valence electrons. The van der Waals surface area contributed by atoms with Gasteiger partial charge in [0, 0.05) is 30.7 Å². The van der Waals surface area contributed by atoms with E-state index >= 15 is 0 Å². The van der Waals surface area contributed by atoms with Gasteiger partial charge >= 0.3 is 0 Å². The maximum atomic E-state index is 12.3. The van der Waals surface area contributed by atoms with Crippen LogP contribution in [0.1, 0.15) is 32.1 Å². The third kappa shape index (κ3) is 4.34. The van der Waals surface area contributed by atoms with Crippen LogP contribution in [0.4, 0.5) is 0 Å². The van der Waals surface area contributed by atoms with Crippen LogP contribution in [0.25, 0.3) is 10.9 Å². The first-order valence-electron chi connectivity index (χ1n) is 9.28. The zero-order valence-corrected chi connectivity index (χ0v) is 15.3. The summed E-state index contributed by atoms with van der Waals surface area (Å²) in [4.78, 5) is 14.7. The Kier molecular flexibility index (Phi) is 5.97. The van der Waals surface area contributed by atoms with Crippen molar-refractivity contribution < 1.29 is 9.53 Å². The molecule has 0 unspecified atom stereocenters. The molecule has 1 aromatic heterocycles. The van der Waals surface area contributed by atoms with Gasteiger partial charge < -0.3 is 19.5 Å². The minimum Gasteiger partial charge on any atom is -0.495 e. The normalized spacial score (nSPS) is 15.6. The number of carbonyl (C=O) groups excluding carboxylic acids is 1. The second-order valence-corrected chi connectivity index (χ2v) is 6.96. The van der Waals surface area contributed by atoms with Crippen LogP contribution < -0.4 is 10.1 Å². The summed E-state index contributed by atoms with van der Waals surface area (Å²) < 4.78 is 7.38. The van der Waals surface area contributed by atoms with E-state index in [0.29, 0.717) is 19.1 Å². The predicted molar refractivity (Wildman–Crippen MR) is 101 cm³/mol. The molecule has 0 saturated heterocycles. The molecule has 1 N–H and O–H groups in total. The molecule has 5 heteroatoms. The number of fused-ring (bicyclic) bond motifs is 1. The second kappa shape index (κ2) is 8.39. The molecule has 0 radical (unpaired) electrons. The zero-order valence-electron chi connectivity index (χ0n) is 15.3. The van der Waals surface area contributed by atoms with Crippen LogP contribution in [0.5, 0.6) is 5.75 Å². The number of nitrogens with one attached hydrogen (secondary N) is 1. The third-order valence-electron chi connectivity index (χ3n) is 5.27. The molecule has 0 aliphatic heterocycles. The molecule has 5 nitrogen and oxygen atoms in total. The van der Waals surface area contributed by atoms with Crippen LogP contribution in [-0.2, 0) is 11.3 Å². The summed E-state index contributed by atoms with van der Waals surface area (Å²) in [6, 6.07) is 8.62. The minimum absolute atomic E-state index is 0.0421. The molecule has 1 aliphatic carbocycles. The highest BCUT2D eigenvalue weighted by Crippen LogP contribution is 2.26. The van der Waals surface area contributed by atoms with Crippen molar-refractivity contribution in [3.8, 4) is 5.75 Å². The Hall–Kier alpha value is -2.01. The number of benzene rings is 1. The number of carbonyl (C=O) groups is 1. The molecule has 2 aromatic rings. The Morgan fingerprint density at radius 2 is 2.08 bits per heavy atom. The fraction of sp³-hybridized carbons (Fsp3) is 0.550. The fourth-order valence-corrected chi connectivity index (χ4v) is 3.81. The van der Waals surface area contributed by atoms with Gasteiger partial charge in [0.05, 0.1) is 12.6 Å². The van der Waals surface area contributed by atoms with Crippen LogP contribution in [0.15, 0.2) is 30.5 Å². The van der Waals surface area contributed by atoms with Gasteiger partial charge in [-0.1, -0.05) is 31.4 Å². The zero-order chi connectivity index (χ0) is 17.6. The summed E-state index contributed by atoms with van der Waals surface area (Å²) in [6.07, 6.45) is 8.57. The van der Waals surface area contributed by atoms with Gasteiger partial charge in [0.1, 0.15) is 12.3 Å². The number of likely N-dealkylation sites (N-methyl/N-ethyl adjacent to an activating group) is 1. The van der Waals surface area contributed by atoms with E-state index in [0.717, 1.165) is 23.2 Å². The van der Waals surface area contributed by atoms with Crippen LogP contribution >= 0.6 is 0 Å². The quantitative estimate of drug-likeness (QED) is 0.840. The molecule has 1 saturated carbocycles. The van der Waals surface area contributed by atoms with E-state index in [1.807, 2.05) is 35.0 Å². The van der Waals surface area contributed by atoms with Crippen molar-refractivity contribution in [1.82, 2.24) is 14.8 Å². The molecule has 1 fully saturated rings. The molecule has 0 spiro atoms. The Labute approximate surface area is 149 Å². The van der Waals surface area contributed by atoms with Crippen molar-refractivity contribution in [2.45, 2.75) is 44.7 Å². The van der Waals surface area contributed by atoms with E-state index in [-0.39, 0.29) is 5.91 Å². The summed E-state index contributed by atoms with van der Waals surface area (Å²) in [5, 5.41) is 4.14. The van der Waals surface area contributed by atoms with Gasteiger partial charge in [-0.25, -0.2) is 0 Å². The second-order valence-electron chi connectivity index (χ2n) is 6.96. The highest BCUT2D eigenvalue weighted by molar-refractivity contribution is 5.87. The molecular weight excluding hydrogens is 314 g/mol. The maximum absolute atomic E-state index is 12.3. The van der Waals surface area contributed by atoms with Crippen LogP contribution in [0.2, 0.25) is 0 Å². The van der Waals surface area contributed by atoms with E-state index in [1.165, 1.54) is 32.1 Å². The van der Waals surface area contributed by atoms with E-state index in [2.05, 4.69) is 17.3 Å². The largest absolute Gasteiger partial charge is 0.495 e. The highest BCUT2D eigenvalue weighted by Gasteiger charge is 2.17. The van der Waals surface area contributed by atoms with E-state index in [4.69, 9.17) is 4.74 Å². The first-order valence-corrected chi connectivity index (χ1v) is 9.28. The molecule has 25 heavy (non-hydrogen) atoms. The summed E-state index contributed by atoms with van der Waals surface area (Å²) >= 11 is 0. The average Bonchev–Trinajstić information content (AvgIpc) is 3.05. The molecular formula is C20H29N3O2. The van der Waals surface area contributed by atoms with Gasteiger partial charge in [0.2, 0.25) is 5.91 Å². The van der Waals surface area contributed by atoms with Gasteiger partial charge in [-0.3, -0.25) is 4.79 Å². The smallest absolute Gasteiger partial charge is 0.239 e. The van der Waals surface area contributed by atoms with Crippen LogP contribution in [-0.4, -0.2) is 48.7 Å². The van der Waals surface area contributed by atoms with Crippen LogP contribution in [0.3, 0.4) is 0 Å². The van der Waals surface area contributed by atoms with Crippen molar-refractivity contribution >= 4 is 16.8 Å². The molecule has 3 rings (SSSR count). The molecule has 1 heterocycles. The van der Waals surface area contributed by atoms with E-state index in [1.54, 1.807) is 7.11 Å². The number of aromatic nitrogens is 1. The van der Waals surface area contributed by atoms with Gasteiger partial charge in [-0.15, -0.1) is 0 Å². The fourth-order valence-electron chi connectivity index (χ4n) is 3.81.